The predicted octanol–water partition coefficient (Wildman–Crippen LogP) is 4.03. The normalized spacial score (nSPS) is 11.4. The number of fused-ring (bicyclic) bond motifs is 1. The zero-order valence-corrected chi connectivity index (χ0v) is 17.3. The number of benzene rings is 1. The molecule has 2 amide bonds. The van der Waals surface area contributed by atoms with Crippen LogP contribution in [0.2, 0.25) is 5.02 Å². The van der Waals surface area contributed by atoms with Crippen molar-refractivity contribution in [2.75, 3.05) is 24.9 Å². The van der Waals surface area contributed by atoms with E-state index < -0.39 is 12.2 Å². The van der Waals surface area contributed by atoms with E-state index in [4.69, 9.17) is 11.6 Å². The molecule has 3 rings (SSSR count). The molecule has 10 nitrogen and oxygen atoms in total. The Kier molecular flexibility index (Phi) is 5.38. The molecule has 0 spiro atoms. The number of carbonyl (C=O) groups excluding carboxylic acids is 2. The lowest BCUT2D eigenvalue weighted by Crippen LogP contribution is -2.14. The molecule has 29 heavy (non-hydrogen) atoms. The number of rotatable bonds is 3. The molecule has 0 radical (unpaired) electrons. The zero-order valence-electron chi connectivity index (χ0n) is 16.6. The van der Waals surface area contributed by atoms with Crippen molar-refractivity contribution in [3.63, 3.8) is 0 Å². The molecule has 0 saturated carbocycles. The van der Waals surface area contributed by atoms with Gasteiger partial charge in [0.05, 0.1) is 25.6 Å². The topological polar surface area (TPSA) is 123 Å². The number of hydrogen-bond acceptors (Lipinski definition) is 6. The summed E-state index contributed by atoms with van der Waals surface area (Å²) in [5.41, 5.74) is 2.31. The third kappa shape index (κ3) is 4.11. The van der Waals surface area contributed by atoms with Crippen LogP contribution in [0.4, 0.5) is 21.0 Å². The molecule has 11 heteroatoms. The molecule has 0 fully saturated rings. The highest BCUT2D eigenvalue weighted by atomic mass is 35.5. The number of carbonyl (C=O) groups is 2. The summed E-state index contributed by atoms with van der Waals surface area (Å²) in [6.45, 7) is 6.06. The number of nitrogens with zero attached hydrogens (tertiary/aromatic N) is 3. The van der Waals surface area contributed by atoms with Crippen molar-refractivity contribution in [2.45, 2.75) is 26.2 Å². The van der Waals surface area contributed by atoms with Gasteiger partial charge in [0.1, 0.15) is 5.02 Å². The van der Waals surface area contributed by atoms with Crippen LogP contribution in [-0.4, -0.2) is 46.2 Å². The van der Waals surface area contributed by atoms with Gasteiger partial charge in [-0.1, -0.05) is 32.4 Å². The maximum Gasteiger partial charge on any atom is 0.411 e. The second kappa shape index (κ2) is 7.63. The summed E-state index contributed by atoms with van der Waals surface area (Å²) in [4.78, 5) is 27.7. The molecule has 0 aliphatic rings. The minimum absolute atomic E-state index is 0.221. The van der Waals surface area contributed by atoms with E-state index in [9.17, 15) is 9.59 Å². The van der Waals surface area contributed by atoms with Gasteiger partial charge >= 0.3 is 12.2 Å². The van der Waals surface area contributed by atoms with Gasteiger partial charge in [0.15, 0.2) is 11.5 Å². The summed E-state index contributed by atoms with van der Waals surface area (Å²) in [6.07, 6.45) is -1.29. The molecule has 2 heterocycles. The van der Waals surface area contributed by atoms with Gasteiger partial charge in [0.25, 0.3) is 0 Å². The number of aromatic nitrogens is 4. The van der Waals surface area contributed by atoms with Crippen molar-refractivity contribution < 1.29 is 19.1 Å². The number of aromatic amines is 1. The van der Waals surface area contributed by atoms with Crippen molar-refractivity contribution in [3.05, 3.63) is 28.9 Å². The molecule has 154 valence electrons. The molecule has 0 aliphatic carbocycles. The van der Waals surface area contributed by atoms with E-state index in [2.05, 4.69) is 35.3 Å². The summed E-state index contributed by atoms with van der Waals surface area (Å²) in [5, 5.41) is 13.2. The number of anilines is 2. The van der Waals surface area contributed by atoms with E-state index in [-0.39, 0.29) is 5.41 Å². The maximum absolute atomic E-state index is 11.7. The van der Waals surface area contributed by atoms with Gasteiger partial charge in [-0.05, 0) is 18.2 Å². The van der Waals surface area contributed by atoms with Crippen molar-refractivity contribution in [2.24, 2.45) is 0 Å². The fourth-order valence-corrected chi connectivity index (χ4v) is 3.10. The largest absolute Gasteiger partial charge is 0.453 e. The molecule has 0 bridgehead atoms. The van der Waals surface area contributed by atoms with E-state index >= 15 is 0 Å². The van der Waals surface area contributed by atoms with Crippen LogP contribution >= 0.6 is 11.6 Å². The first-order valence-electron chi connectivity index (χ1n) is 8.63. The summed E-state index contributed by atoms with van der Waals surface area (Å²) in [7, 11) is 2.52. The first-order chi connectivity index (χ1) is 13.6. The Morgan fingerprint density at radius 1 is 1.14 bits per heavy atom. The van der Waals surface area contributed by atoms with Crippen LogP contribution < -0.4 is 10.6 Å². The van der Waals surface area contributed by atoms with Crippen molar-refractivity contribution >= 4 is 40.8 Å². The van der Waals surface area contributed by atoms with E-state index in [1.54, 1.807) is 18.2 Å². The highest BCUT2D eigenvalue weighted by molar-refractivity contribution is 6.34. The number of amides is 2. The lowest BCUT2D eigenvalue weighted by atomic mass is 9.92. The van der Waals surface area contributed by atoms with Gasteiger partial charge in [0.2, 0.25) is 0 Å². The highest BCUT2D eigenvalue weighted by Crippen LogP contribution is 2.34. The van der Waals surface area contributed by atoms with Crippen LogP contribution in [0.25, 0.3) is 17.0 Å². The quantitative estimate of drug-likeness (QED) is 0.587. The molecule has 0 atom stereocenters. The van der Waals surface area contributed by atoms with Crippen molar-refractivity contribution in [3.8, 4) is 11.4 Å². The zero-order chi connectivity index (χ0) is 21.3. The van der Waals surface area contributed by atoms with Gasteiger partial charge in [-0.25, -0.2) is 14.6 Å². The smallest absolute Gasteiger partial charge is 0.411 e. The minimum atomic E-state index is -0.655. The first kappa shape index (κ1) is 20.5. The van der Waals surface area contributed by atoms with Crippen LogP contribution in [0.15, 0.2) is 18.2 Å². The van der Waals surface area contributed by atoms with Gasteiger partial charge in [-0.15, -0.1) is 5.10 Å². The fraction of sp³-hybridized carbons (Fsp3) is 0.333. The Morgan fingerprint density at radius 3 is 2.38 bits per heavy atom. The Labute approximate surface area is 171 Å². The molecule has 1 aromatic carbocycles. The SMILES string of the molecule is COC(=O)Nc1ccc(NC(=O)OC)c(-c2nc3c(Cl)c(C(C)(C)C)[nH]n3n2)c1. The van der Waals surface area contributed by atoms with Gasteiger partial charge in [0, 0.05) is 16.7 Å². The molecular formula is C18H21ClN6O4. The van der Waals surface area contributed by atoms with Crippen LogP contribution in [0.5, 0.6) is 0 Å². The lowest BCUT2D eigenvalue weighted by Gasteiger charge is -2.16. The molecule has 2 aromatic heterocycles. The molecule has 3 N–H and O–H groups in total. The monoisotopic (exact) mass is 420 g/mol. The summed E-state index contributed by atoms with van der Waals surface area (Å²) < 4.78 is 10.7. The van der Waals surface area contributed by atoms with Gasteiger partial charge in [-0.2, -0.15) is 4.63 Å². The maximum atomic E-state index is 11.7. The Hall–Kier alpha value is -3.27. The van der Waals surface area contributed by atoms with Crippen molar-refractivity contribution in [1.29, 1.82) is 0 Å². The Balaban J connectivity index is 2.10. The Morgan fingerprint density at radius 2 is 1.79 bits per heavy atom. The van der Waals surface area contributed by atoms with E-state index in [1.807, 2.05) is 20.8 Å². The fourth-order valence-electron chi connectivity index (χ4n) is 2.66. The highest BCUT2D eigenvalue weighted by Gasteiger charge is 2.25. The van der Waals surface area contributed by atoms with Crippen LogP contribution in [0, 0.1) is 0 Å². The number of methoxy groups -OCH3 is 2. The molecule has 0 aliphatic heterocycles. The standard InChI is InChI=1S/C18H21ClN6O4/c1-18(2,3)13-12(19)15-22-14(24-25(15)23-13)10-8-9(20-16(26)28-4)6-7-11(10)21-17(27)29-5/h6-8,23H,1-5H3,(H,20,26)(H,21,27). The van der Waals surface area contributed by atoms with Crippen LogP contribution in [-0.2, 0) is 14.9 Å². The molecule has 0 saturated heterocycles. The summed E-state index contributed by atoms with van der Waals surface area (Å²) >= 11 is 6.49. The lowest BCUT2D eigenvalue weighted by molar-refractivity contribution is 0.186. The third-order valence-corrected chi connectivity index (χ3v) is 4.46. The van der Waals surface area contributed by atoms with E-state index in [0.29, 0.717) is 33.4 Å². The third-order valence-electron chi connectivity index (χ3n) is 4.11. The van der Waals surface area contributed by atoms with E-state index in [1.165, 1.54) is 18.8 Å². The second-order valence-electron chi connectivity index (χ2n) is 7.22. The number of halogens is 1. The number of ether oxygens (including phenoxy) is 2. The van der Waals surface area contributed by atoms with Crippen LogP contribution in [0.1, 0.15) is 26.5 Å². The first-order valence-corrected chi connectivity index (χ1v) is 9.01. The minimum Gasteiger partial charge on any atom is -0.453 e. The average molecular weight is 421 g/mol. The molecule has 0 unspecified atom stereocenters. The Bertz CT molecular complexity index is 1080. The molecule has 3 aromatic rings. The van der Waals surface area contributed by atoms with Gasteiger partial charge in [-0.3, -0.25) is 15.7 Å². The number of nitrogens with one attached hydrogen (secondary N) is 3. The predicted molar refractivity (Wildman–Crippen MR) is 109 cm³/mol. The average Bonchev–Trinajstić information content (AvgIpc) is 3.22. The summed E-state index contributed by atoms with van der Waals surface area (Å²) in [6, 6.07) is 4.79. The van der Waals surface area contributed by atoms with Gasteiger partial charge < -0.3 is 9.47 Å². The summed E-state index contributed by atoms with van der Waals surface area (Å²) in [5.74, 6) is 0.290. The van der Waals surface area contributed by atoms with Crippen molar-refractivity contribution in [1.82, 2.24) is 19.8 Å². The number of H-pyrrole nitrogens is 1. The van der Waals surface area contributed by atoms with Crippen LogP contribution in [0.3, 0.4) is 0 Å². The molecular weight excluding hydrogens is 400 g/mol. The van der Waals surface area contributed by atoms with E-state index in [0.717, 1.165) is 5.69 Å². The number of hydrogen-bond donors (Lipinski definition) is 3. The second-order valence-corrected chi connectivity index (χ2v) is 7.59.